The van der Waals surface area contributed by atoms with Crippen LogP contribution in [0.2, 0.25) is 5.02 Å². The largest absolute Gasteiger partial charge is 0.466 e. The molecular weight excluding hydrogens is 250 g/mol. The van der Waals surface area contributed by atoms with Crippen LogP contribution in [0.1, 0.15) is 21.9 Å². The van der Waals surface area contributed by atoms with Crippen LogP contribution in [0.15, 0.2) is 40.8 Å². The zero-order chi connectivity index (χ0) is 13.0. The second kappa shape index (κ2) is 5.74. The van der Waals surface area contributed by atoms with Crippen molar-refractivity contribution in [3.8, 4) is 0 Å². The molecule has 0 aliphatic carbocycles. The lowest BCUT2D eigenvalue weighted by atomic mass is 10.2. The normalized spacial score (nSPS) is 10.3. The van der Waals surface area contributed by atoms with Gasteiger partial charge in [0.05, 0.1) is 10.6 Å². The zero-order valence-corrected chi connectivity index (χ0v) is 10.8. The van der Waals surface area contributed by atoms with Gasteiger partial charge in [-0.15, -0.1) is 0 Å². The van der Waals surface area contributed by atoms with Crippen LogP contribution < -0.4 is 5.32 Å². The molecular formula is C14H14ClNO2. The number of carbonyl (C=O) groups is 1. The highest BCUT2D eigenvalue weighted by molar-refractivity contribution is 6.33. The minimum atomic E-state index is -0.163. The summed E-state index contributed by atoms with van der Waals surface area (Å²) in [5, 5.41) is 3.28. The molecule has 0 aliphatic rings. The zero-order valence-electron chi connectivity index (χ0n) is 10.1. The molecule has 1 N–H and O–H groups in total. The average Bonchev–Trinajstić information content (AvgIpc) is 2.75. The molecule has 0 atom stereocenters. The summed E-state index contributed by atoms with van der Waals surface area (Å²) in [6, 6.07) is 10.8. The lowest BCUT2D eigenvalue weighted by Crippen LogP contribution is -2.25. The van der Waals surface area contributed by atoms with Crippen molar-refractivity contribution in [3.63, 3.8) is 0 Å². The Morgan fingerprint density at radius 2 is 2.06 bits per heavy atom. The van der Waals surface area contributed by atoms with Crippen LogP contribution in [-0.4, -0.2) is 12.5 Å². The van der Waals surface area contributed by atoms with E-state index in [0.717, 1.165) is 11.5 Å². The molecule has 0 aliphatic heterocycles. The topological polar surface area (TPSA) is 42.2 Å². The van der Waals surface area contributed by atoms with Gasteiger partial charge in [-0.1, -0.05) is 23.7 Å². The third-order valence-electron chi connectivity index (χ3n) is 2.57. The predicted octanol–water partition coefficient (Wildman–Crippen LogP) is 3.21. The van der Waals surface area contributed by atoms with Crippen LogP contribution in [0.4, 0.5) is 0 Å². The van der Waals surface area contributed by atoms with E-state index in [4.69, 9.17) is 16.0 Å². The fourth-order valence-corrected chi connectivity index (χ4v) is 1.88. The molecule has 0 saturated carbocycles. The van der Waals surface area contributed by atoms with Crippen molar-refractivity contribution in [3.05, 3.63) is 58.5 Å². The quantitative estimate of drug-likeness (QED) is 0.920. The van der Waals surface area contributed by atoms with Gasteiger partial charge in [-0.2, -0.15) is 0 Å². The van der Waals surface area contributed by atoms with Crippen molar-refractivity contribution in [2.75, 3.05) is 6.54 Å². The summed E-state index contributed by atoms with van der Waals surface area (Å²) in [5.74, 6) is 1.58. The van der Waals surface area contributed by atoms with Crippen molar-refractivity contribution < 1.29 is 9.21 Å². The standard InChI is InChI=1S/C14H14ClNO2/c1-10-6-7-11(18-10)8-9-16-14(17)12-4-2-3-5-13(12)15/h2-7H,8-9H2,1H3,(H,16,17). The van der Waals surface area contributed by atoms with Gasteiger partial charge in [0.1, 0.15) is 11.5 Å². The first-order chi connectivity index (χ1) is 8.66. The molecule has 0 radical (unpaired) electrons. The Bertz CT molecular complexity index is 548. The molecule has 0 spiro atoms. The van der Waals surface area contributed by atoms with E-state index in [-0.39, 0.29) is 5.91 Å². The molecule has 0 unspecified atom stereocenters. The second-order valence-corrected chi connectivity index (χ2v) is 4.41. The first-order valence-corrected chi connectivity index (χ1v) is 6.12. The Morgan fingerprint density at radius 1 is 1.28 bits per heavy atom. The highest BCUT2D eigenvalue weighted by Gasteiger charge is 2.08. The molecule has 4 heteroatoms. The molecule has 1 amide bonds. The summed E-state index contributed by atoms with van der Waals surface area (Å²) in [5.41, 5.74) is 0.495. The van der Waals surface area contributed by atoms with Gasteiger partial charge in [-0.25, -0.2) is 0 Å². The summed E-state index contributed by atoms with van der Waals surface area (Å²) in [7, 11) is 0. The van der Waals surface area contributed by atoms with Crippen LogP contribution >= 0.6 is 11.6 Å². The Kier molecular flexibility index (Phi) is 4.05. The summed E-state index contributed by atoms with van der Waals surface area (Å²) < 4.78 is 5.42. The maximum Gasteiger partial charge on any atom is 0.252 e. The third kappa shape index (κ3) is 3.14. The first-order valence-electron chi connectivity index (χ1n) is 5.75. The Hall–Kier alpha value is -1.74. The van der Waals surface area contributed by atoms with E-state index in [2.05, 4.69) is 5.32 Å². The lowest BCUT2D eigenvalue weighted by Gasteiger charge is -2.05. The van der Waals surface area contributed by atoms with Gasteiger partial charge in [-0.3, -0.25) is 4.79 Å². The van der Waals surface area contributed by atoms with E-state index in [1.807, 2.05) is 19.1 Å². The smallest absolute Gasteiger partial charge is 0.252 e. The van der Waals surface area contributed by atoms with Crippen molar-refractivity contribution in [1.29, 1.82) is 0 Å². The predicted molar refractivity (Wildman–Crippen MR) is 70.9 cm³/mol. The summed E-state index contributed by atoms with van der Waals surface area (Å²) in [6.07, 6.45) is 0.671. The van der Waals surface area contributed by atoms with Crippen LogP contribution in [0.25, 0.3) is 0 Å². The van der Waals surface area contributed by atoms with Crippen molar-refractivity contribution in [2.45, 2.75) is 13.3 Å². The van der Waals surface area contributed by atoms with Gasteiger partial charge >= 0.3 is 0 Å². The number of carbonyl (C=O) groups excluding carboxylic acids is 1. The molecule has 2 aromatic rings. The molecule has 2 rings (SSSR count). The van der Waals surface area contributed by atoms with E-state index in [1.54, 1.807) is 24.3 Å². The molecule has 0 bridgehead atoms. The highest BCUT2D eigenvalue weighted by atomic mass is 35.5. The summed E-state index contributed by atoms with van der Waals surface area (Å²) in [6.45, 7) is 2.42. The van der Waals surface area contributed by atoms with Crippen LogP contribution in [0.5, 0.6) is 0 Å². The van der Waals surface area contributed by atoms with Gasteiger partial charge < -0.3 is 9.73 Å². The molecule has 3 nitrogen and oxygen atoms in total. The van der Waals surface area contributed by atoms with Gasteiger partial charge in [0.15, 0.2) is 0 Å². The van der Waals surface area contributed by atoms with E-state index in [9.17, 15) is 4.79 Å². The van der Waals surface area contributed by atoms with E-state index < -0.39 is 0 Å². The fraction of sp³-hybridized carbons (Fsp3) is 0.214. The highest BCUT2D eigenvalue weighted by Crippen LogP contribution is 2.14. The lowest BCUT2D eigenvalue weighted by molar-refractivity contribution is 0.0954. The van der Waals surface area contributed by atoms with Gasteiger partial charge in [0.25, 0.3) is 5.91 Å². The average molecular weight is 264 g/mol. The Balaban J connectivity index is 1.87. The SMILES string of the molecule is Cc1ccc(CCNC(=O)c2ccccc2Cl)o1. The molecule has 18 heavy (non-hydrogen) atoms. The second-order valence-electron chi connectivity index (χ2n) is 4.00. The van der Waals surface area contributed by atoms with E-state index >= 15 is 0 Å². The molecule has 0 fully saturated rings. The Morgan fingerprint density at radius 3 is 2.72 bits per heavy atom. The van der Waals surface area contributed by atoms with Gasteiger partial charge in [-0.05, 0) is 31.2 Å². The number of amides is 1. The van der Waals surface area contributed by atoms with Crippen molar-refractivity contribution in [1.82, 2.24) is 5.32 Å². The number of nitrogens with one attached hydrogen (secondary N) is 1. The summed E-state index contributed by atoms with van der Waals surface area (Å²) >= 11 is 5.94. The number of furan rings is 1. The van der Waals surface area contributed by atoms with Gasteiger partial charge in [0.2, 0.25) is 0 Å². The number of hydrogen-bond acceptors (Lipinski definition) is 2. The number of aryl methyl sites for hydroxylation is 1. The molecule has 0 saturated heterocycles. The Labute approximate surface area is 111 Å². The summed E-state index contributed by atoms with van der Waals surface area (Å²) in [4.78, 5) is 11.8. The molecule has 1 heterocycles. The maximum atomic E-state index is 11.8. The number of rotatable bonds is 4. The third-order valence-corrected chi connectivity index (χ3v) is 2.90. The number of hydrogen-bond donors (Lipinski definition) is 1. The van der Waals surface area contributed by atoms with Crippen molar-refractivity contribution in [2.24, 2.45) is 0 Å². The van der Waals surface area contributed by atoms with Crippen LogP contribution in [0.3, 0.4) is 0 Å². The van der Waals surface area contributed by atoms with Crippen molar-refractivity contribution >= 4 is 17.5 Å². The van der Waals surface area contributed by atoms with Crippen LogP contribution in [-0.2, 0) is 6.42 Å². The monoisotopic (exact) mass is 263 g/mol. The van der Waals surface area contributed by atoms with E-state index in [0.29, 0.717) is 23.6 Å². The molecule has 1 aromatic carbocycles. The first kappa shape index (κ1) is 12.7. The minimum absolute atomic E-state index is 0.163. The van der Waals surface area contributed by atoms with Gasteiger partial charge in [0, 0.05) is 13.0 Å². The number of halogens is 1. The number of benzene rings is 1. The molecule has 1 aromatic heterocycles. The minimum Gasteiger partial charge on any atom is -0.466 e. The molecule has 94 valence electrons. The van der Waals surface area contributed by atoms with Crippen LogP contribution in [0, 0.1) is 6.92 Å². The fourth-order valence-electron chi connectivity index (χ4n) is 1.66. The maximum absolute atomic E-state index is 11.8. The van der Waals surface area contributed by atoms with E-state index in [1.165, 1.54) is 0 Å².